The maximum absolute atomic E-state index is 11.9. The van der Waals surface area contributed by atoms with Crippen molar-refractivity contribution < 1.29 is 15.0 Å². The molecule has 0 radical (unpaired) electrons. The molecule has 2 N–H and O–H groups in total. The molecule has 0 amide bonds. The molecule has 0 saturated heterocycles. The number of carbonyl (C=O) groups is 1. The summed E-state index contributed by atoms with van der Waals surface area (Å²) in [5.41, 5.74) is 1.32. The van der Waals surface area contributed by atoms with Crippen molar-refractivity contribution in [1.29, 1.82) is 0 Å². The molecule has 144 valence electrons. The molecule has 5 nitrogen and oxygen atoms in total. The lowest BCUT2D eigenvalue weighted by atomic mass is 9.76. The number of carboxylic acid groups (broad SMARTS) is 1. The fourth-order valence-electron chi connectivity index (χ4n) is 4.40. The molecule has 1 aliphatic carbocycles. The summed E-state index contributed by atoms with van der Waals surface area (Å²) in [4.78, 5) is 16.1. The number of aromatic nitrogens is 2. The maximum atomic E-state index is 11.9. The van der Waals surface area contributed by atoms with Crippen LogP contribution in [0.25, 0.3) is 11.3 Å². The lowest BCUT2D eigenvalue weighted by molar-refractivity contribution is -0.0299. The number of carboxylic acids is 1. The van der Waals surface area contributed by atoms with Crippen molar-refractivity contribution in [2.75, 3.05) is 0 Å². The molecule has 2 aromatic carbocycles. The number of aromatic carboxylic acids is 1. The zero-order valence-electron chi connectivity index (χ0n) is 15.7. The highest BCUT2D eigenvalue weighted by molar-refractivity contribution is 5.93. The van der Waals surface area contributed by atoms with E-state index in [4.69, 9.17) is 0 Å². The second-order valence-corrected chi connectivity index (χ2v) is 7.50. The first kappa shape index (κ1) is 18.4. The van der Waals surface area contributed by atoms with Crippen LogP contribution in [-0.2, 0) is 0 Å². The summed E-state index contributed by atoms with van der Waals surface area (Å²) in [5.74, 6) is -1.07. The Balaban J connectivity index is 1.94. The molecule has 3 aromatic rings. The Morgan fingerprint density at radius 1 is 0.964 bits per heavy atom. The lowest BCUT2D eigenvalue weighted by Crippen LogP contribution is -2.42. The van der Waals surface area contributed by atoms with E-state index in [0.29, 0.717) is 18.5 Å². The molecule has 1 aromatic heterocycles. The van der Waals surface area contributed by atoms with Gasteiger partial charge in [-0.2, -0.15) is 0 Å². The Morgan fingerprint density at radius 3 is 2.18 bits per heavy atom. The van der Waals surface area contributed by atoms with Crippen LogP contribution in [0.1, 0.15) is 54.2 Å². The number of benzene rings is 2. The largest absolute Gasteiger partial charge is 0.476 e. The Kier molecular flexibility index (Phi) is 5.01. The van der Waals surface area contributed by atoms with E-state index in [0.717, 1.165) is 30.4 Å². The molecule has 1 saturated carbocycles. The number of rotatable bonds is 5. The Bertz CT molecular complexity index is 944. The highest BCUT2D eigenvalue weighted by Gasteiger charge is 2.41. The first-order valence-corrected chi connectivity index (χ1v) is 9.73. The van der Waals surface area contributed by atoms with Crippen LogP contribution in [0.4, 0.5) is 0 Å². The minimum Gasteiger partial charge on any atom is -0.476 e. The van der Waals surface area contributed by atoms with Gasteiger partial charge in [0.1, 0.15) is 0 Å². The van der Waals surface area contributed by atoms with Crippen LogP contribution in [0.2, 0.25) is 0 Å². The number of hydrogen-bond acceptors (Lipinski definition) is 3. The molecule has 1 heterocycles. The van der Waals surface area contributed by atoms with E-state index in [9.17, 15) is 15.0 Å². The molecular weight excluding hydrogens is 352 g/mol. The molecule has 0 spiro atoms. The van der Waals surface area contributed by atoms with Crippen LogP contribution >= 0.6 is 0 Å². The van der Waals surface area contributed by atoms with Gasteiger partial charge in [-0.1, -0.05) is 79.9 Å². The Labute approximate surface area is 164 Å². The van der Waals surface area contributed by atoms with E-state index in [1.165, 1.54) is 0 Å². The van der Waals surface area contributed by atoms with Gasteiger partial charge in [0.15, 0.2) is 5.69 Å². The summed E-state index contributed by atoms with van der Waals surface area (Å²) in [6.45, 7) is 0. The maximum Gasteiger partial charge on any atom is 0.356 e. The summed E-state index contributed by atoms with van der Waals surface area (Å²) in [7, 11) is 0. The number of aliphatic hydroxyl groups is 1. The van der Waals surface area contributed by atoms with Crippen molar-refractivity contribution in [2.24, 2.45) is 0 Å². The zero-order chi connectivity index (χ0) is 19.6. The SMILES string of the molecule is O=C(O)c1ncn(C(c2ccccc2)C2(O)CCCCC2)c1-c1ccccc1. The first-order valence-electron chi connectivity index (χ1n) is 9.73. The van der Waals surface area contributed by atoms with E-state index in [2.05, 4.69) is 4.98 Å². The van der Waals surface area contributed by atoms with Crippen molar-refractivity contribution in [3.63, 3.8) is 0 Å². The van der Waals surface area contributed by atoms with Crippen LogP contribution in [-0.4, -0.2) is 31.3 Å². The quantitative estimate of drug-likeness (QED) is 0.686. The monoisotopic (exact) mass is 376 g/mol. The molecule has 0 aliphatic heterocycles. The molecule has 1 atom stereocenters. The lowest BCUT2D eigenvalue weighted by Gasteiger charge is -2.40. The van der Waals surface area contributed by atoms with E-state index >= 15 is 0 Å². The Morgan fingerprint density at radius 2 is 1.57 bits per heavy atom. The topological polar surface area (TPSA) is 75.3 Å². The predicted molar refractivity (Wildman–Crippen MR) is 107 cm³/mol. The van der Waals surface area contributed by atoms with E-state index < -0.39 is 17.6 Å². The van der Waals surface area contributed by atoms with E-state index in [1.807, 2.05) is 65.2 Å². The van der Waals surface area contributed by atoms with Crippen molar-refractivity contribution in [3.05, 3.63) is 78.2 Å². The molecule has 1 unspecified atom stereocenters. The number of hydrogen-bond donors (Lipinski definition) is 2. The normalized spacial score (nSPS) is 17.2. The number of imidazole rings is 1. The summed E-state index contributed by atoms with van der Waals surface area (Å²) in [5, 5.41) is 21.4. The van der Waals surface area contributed by atoms with Gasteiger partial charge < -0.3 is 14.8 Å². The third-order valence-corrected chi connectivity index (χ3v) is 5.67. The number of nitrogens with zero attached hydrogens (tertiary/aromatic N) is 2. The van der Waals surface area contributed by atoms with Gasteiger partial charge in [0.2, 0.25) is 0 Å². The summed E-state index contributed by atoms with van der Waals surface area (Å²) >= 11 is 0. The molecule has 4 rings (SSSR count). The standard InChI is InChI=1S/C23H24N2O3/c26-22(27)19-20(17-10-4-1-5-11-17)25(16-24-19)21(18-12-6-2-7-13-18)23(28)14-8-3-9-15-23/h1-2,4-7,10-13,16,21,28H,3,8-9,14-15H2,(H,26,27). The van der Waals surface area contributed by atoms with Gasteiger partial charge in [0.05, 0.1) is 23.7 Å². The summed E-state index contributed by atoms with van der Waals surface area (Å²) in [6, 6.07) is 18.9. The fraction of sp³-hybridized carbons (Fsp3) is 0.304. The average Bonchev–Trinajstić information content (AvgIpc) is 3.15. The van der Waals surface area contributed by atoms with Crippen molar-refractivity contribution in [3.8, 4) is 11.3 Å². The smallest absolute Gasteiger partial charge is 0.356 e. The van der Waals surface area contributed by atoms with Gasteiger partial charge in [-0.25, -0.2) is 9.78 Å². The fourth-order valence-corrected chi connectivity index (χ4v) is 4.40. The third kappa shape index (κ3) is 3.34. The average molecular weight is 376 g/mol. The molecule has 1 fully saturated rings. The van der Waals surface area contributed by atoms with Crippen LogP contribution < -0.4 is 0 Å². The molecule has 1 aliphatic rings. The minimum absolute atomic E-state index is 0.00606. The predicted octanol–water partition coefficient (Wildman–Crippen LogP) is 4.53. The van der Waals surface area contributed by atoms with Gasteiger partial charge in [-0.15, -0.1) is 0 Å². The molecular formula is C23H24N2O3. The van der Waals surface area contributed by atoms with Gasteiger partial charge in [-0.3, -0.25) is 0 Å². The second kappa shape index (κ2) is 7.60. The van der Waals surface area contributed by atoms with E-state index in [-0.39, 0.29) is 5.69 Å². The summed E-state index contributed by atoms with van der Waals surface area (Å²) < 4.78 is 1.86. The molecule has 28 heavy (non-hydrogen) atoms. The van der Waals surface area contributed by atoms with Crippen LogP contribution in [0.15, 0.2) is 67.0 Å². The van der Waals surface area contributed by atoms with E-state index in [1.54, 1.807) is 6.33 Å². The van der Waals surface area contributed by atoms with Crippen LogP contribution in [0, 0.1) is 0 Å². The third-order valence-electron chi connectivity index (χ3n) is 5.67. The first-order chi connectivity index (χ1) is 13.6. The van der Waals surface area contributed by atoms with Crippen molar-refractivity contribution in [1.82, 2.24) is 9.55 Å². The molecule has 0 bridgehead atoms. The van der Waals surface area contributed by atoms with Gasteiger partial charge in [0.25, 0.3) is 0 Å². The molecule has 5 heteroatoms. The zero-order valence-corrected chi connectivity index (χ0v) is 15.7. The summed E-state index contributed by atoms with van der Waals surface area (Å²) in [6.07, 6.45) is 5.96. The highest BCUT2D eigenvalue weighted by Crippen LogP contribution is 2.43. The second-order valence-electron chi connectivity index (χ2n) is 7.50. The van der Waals surface area contributed by atoms with Gasteiger partial charge in [0, 0.05) is 5.56 Å². The van der Waals surface area contributed by atoms with Crippen LogP contribution in [0.3, 0.4) is 0 Å². The van der Waals surface area contributed by atoms with Crippen LogP contribution in [0.5, 0.6) is 0 Å². The van der Waals surface area contributed by atoms with Crippen molar-refractivity contribution in [2.45, 2.75) is 43.7 Å². The van der Waals surface area contributed by atoms with Gasteiger partial charge in [-0.05, 0) is 18.4 Å². The Hall–Kier alpha value is -2.92. The minimum atomic E-state index is -1.07. The van der Waals surface area contributed by atoms with Crippen molar-refractivity contribution >= 4 is 5.97 Å². The highest BCUT2D eigenvalue weighted by atomic mass is 16.4. The van der Waals surface area contributed by atoms with Gasteiger partial charge >= 0.3 is 5.97 Å².